The summed E-state index contributed by atoms with van der Waals surface area (Å²) in [6.45, 7) is 1.46. The van der Waals surface area contributed by atoms with Gasteiger partial charge in [-0.3, -0.25) is 9.36 Å². The minimum Gasteiger partial charge on any atom is -0.408 e. The van der Waals surface area contributed by atoms with Crippen LogP contribution in [0.1, 0.15) is 24.4 Å². The van der Waals surface area contributed by atoms with Crippen molar-refractivity contribution in [1.29, 1.82) is 0 Å². The molecule has 0 atom stereocenters. The summed E-state index contributed by atoms with van der Waals surface area (Å²) < 4.78 is 25.8. The number of hydrogen-bond acceptors (Lipinski definition) is 4. The Hall–Kier alpha value is -2.93. The third-order valence-electron chi connectivity index (χ3n) is 5.09. The van der Waals surface area contributed by atoms with E-state index in [4.69, 9.17) is 9.15 Å². The number of carbonyl (C=O) groups is 1. The predicted molar refractivity (Wildman–Crippen MR) is 101 cm³/mol. The van der Waals surface area contributed by atoms with Crippen LogP contribution in [-0.4, -0.2) is 35.1 Å². The fraction of sp³-hybridized carbons (Fsp3) is 0.333. The molecule has 1 aliphatic heterocycles. The monoisotopic (exact) mass is 384 g/mol. The summed E-state index contributed by atoms with van der Waals surface area (Å²) in [5.74, 6) is -0.966. The van der Waals surface area contributed by atoms with Crippen molar-refractivity contribution >= 4 is 17.0 Å². The molecule has 0 unspecified atom stereocenters. The van der Waals surface area contributed by atoms with Crippen molar-refractivity contribution in [3.8, 4) is 0 Å². The number of aromatic nitrogens is 1. The zero-order chi connectivity index (χ0) is 19.5. The highest BCUT2D eigenvalue weighted by Gasteiger charge is 2.27. The molecule has 2 aromatic carbocycles. The second kappa shape index (κ2) is 7.98. The van der Waals surface area contributed by atoms with Crippen molar-refractivity contribution in [1.82, 2.24) is 9.47 Å². The molecular formula is C21H21FN2O4. The number of piperidine rings is 1. The van der Waals surface area contributed by atoms with Gasteiger partial charge in [-0.25, -0.2) is 9.18 Å². The minimum atomic E-state index is -0.489. The van der Waals surface area contributed by atoms with Gasteiger partial charge in [0.15, 0.2) is 5.58 Å². The van der Waals surface area contributed by atoms with Gasteiger partial charge in [-0.2, -0.15) is 0 Å². The molecule has 0 N–H and O–H groups in total. The van der Waals surface area contributed by atoms with Crippen LogP contribution in [0, 0.1) is 5.82 Å². The van der Waals surface area contributed by atoms with Crippen LogP contribution in [0.2, 0.25) is 0 Å². The van der Waals surface area contributed by atoms with E-state index in [0.29, 0.717) is 43.6 Å². The first-order valence-corrected chi connectivity index (χ1v) is 9.32. The van der Waals surface area contributed by atoms with Gasteiger partial charge in [0.05, 0.1) is 12.1 Å². The Morgan fingerprint density at radius 1 is 1.14 bits per heavy atom. The molecule has 0 saturated carbocycles. The molecule has 0 spiro atoms. The van der Waals surface area contributed by atoms with E-state index in [0.717, 1.165) is 5.56 Å². The molecule has 28 heavy (non-hydrogen) atoms. The van der Waals surface area contributed by atoms with Crippen molar-refractivity contribution in [2.45, 2.75) is 25.5 Å². The van der Waals surface area contributed by atoms with Gasteiger partial charge in [-0.15, -0.1) is 0 Å². The van der Waals surface area contributed by atoms with E-state index in [2.05, 4.69) is 0 Å². The Labute approximate surface area is 161 Å². The van der Waals surface area contributed by atoms with Gasteiger partial charge < -0.3 is 14.1 Å². The largest absolute Gasteiger partial charge is 0.420 e. The second-order valence-corrected chi connectivity index (χ2v) is 6.94. The first kappa shape index (κ1) is 18.4. The van der Waals surface area contributed by atoms with Gasteiger partial charge >= 0.3 is 5.76 Å². The zero-order valence-corrected chi connectivity index (χ0v) is 15.3. The fourth-order valence-electron chi connectivity index (χ4n) is 3.65. The molecule has 1 aliphatic rings. The molecule has 146 valence electrons. The molecule has 1 amide bonds. The van der Waals surface area contributed by atoms with Crippen LogP contribution in [0.5, 0.6) is 0 Å². The van der Waals surface area contributed by atoms with Crippen molar-refractivity contribution in [2.75, 3.05) is 19.7 Å². The van der Waals surface area contributed by atoms with Crippen LogP contribution in [0.25, 0.3) is 11.1 Å². The number of oxazole rings is 1. The van der Waals surface area contributed by atoms with E-state index in [1.807, 2.05) is 30.3 Å². The number of nitrogens with zero attached hydrogens (tertiary/aromatic N) is 2. The van der Waals surface area contributed by atoms with Crippen molar-refractivity contribution in [2.24, 2.45) is 0 Å². The van der Waals surface area contributed by atoms with Crippen LogP contribution in [0.15, 0.2) is 57.7 Å². The topological polar surface area (TPSA) is 64.7 Å². The number of fused-ring (bicyclic) bond motifs is 1. The van der Waals surface area contributed by atoms with E-state index in [9.17, 15) is 14.0 Å². The average Bonchev–Trinajstić information content (AvgIpc) is 3.04. The molecule has 0 radical (unpaired) electrons. The molecule has 7 heteroatoms. The molecule has 3 aromatic rings. The van der Waals surface area contributed by atoms with E-state index in [-0.39, 0.29) is 18.6 Å². The van der Waals surface area contributed by atoms with Gasteiger partial charge in [0, 0.05) is 25.2 Å². The van der Waals surface area contributed by atoms with Crippen LogP contribution in [0.4, 0.5) is 4.39 Å². The normalized spacial score (nSPS) is 15.2. The number of ether oxygens (including phenoxy) is 1. The summed E-state index contributed by atoms with van der Waals surface area (Å²) in [7, 11) is 0. The number of halogens is 1. The standard InChI is InChI=1S/C21H21FN2O4/c22-16-6-7-19-18(12-16)24(21(26)28-19)17-8-10-23(11-9-17)20(25)14-27-13-15-4-2-1-3-5-15/h1-7,12,17H,8-11,13-14H2. The molecule has 0 aliphatic carbocycles. The summed E-state index contributed by atoms with van der Waals surface area (Å²) in [4.78, 5) is 26.3. The number of benzene rings is 2. The highest BCUT2D eigenvalue weighted by molar-refractivity contribution is 5.77. The lowest BCUT2D eigenvalue weighted by Gasteiger charge is -2.32. The first-order chi connectivity index (χ1) is 13.6. The molecular weight excluding hydrogens is 363 g/mol. The third kappa shape index (κ3) is 3.84. The smallest absolute Gasteiger partial charge is 0.408 e. The van der Waals surface area contributed by atoms with Crippen LogP contribution >= 0.6 is 0 Å². The third-order valence-corrected chi connectivity index (χ3v) is 5.09. The highest BCUT2D eigenvalue weighted by Crippen LogP contribution is 2.26. The van der Waals surface area contributed by atoms with Crippen LogP contribution in [-0.2, 0) is 16.1 Å². The van der Waals surface area contributed by atoms with Gasteiger partial charge in [0.25, 0.3) is 0 Å². The van der Waals surface area contributed by atoms with E-state index in [1.54, 1.807) is 4.90 Å². The first-order valence-electron chi connectivity index (χ1n) is 9.32. The molecule has 1 fully saturated rings. The predicted octanol–water partition coefficient (Wildman–Crippen LogP) is 3.11. The van der Waals surface area contributed by atoms with Crippen LogP contribution in [0.3, 0.4) is 0 Å². The Morgan fingerprint density at radius 2 is 1.89 bits per heavy atom. The van der Waals surface area contributed by atoms with Crippen molar-refractivity contribution in [3.05, 3.63) is 70.5 Å². The zero-order valence-electron chi connectivity index (χ0n) is 15.3. The summed E-state index contributed by atoms with van der Waals surface area (Å²) >= 11 is 0. The molecule has 4 rings (SSSR count). The van der Waals surface area contributed by atoms with Crippen molar-refractivity contribution in [3.63, 3.8) is 0 Å². The Kier molecular flexibility index (Phi) is 5.25. The molecule has 1 aromatic heterocycles. The van der Waals surface area contributed by atoms with Gasteiger partial charge in [-0.1, -0.05) is 30.3 Å². The molecule has 1 saturated heterocycles. The Morgan fingerprint density at radius 3 is 2.64 bits per heavy atom. The number of carbonyl (C=O) groups excluding carboxylic acids is 1. The maximum Gasteiger partial charge on any atom is 0.420 e. The lowest BCUT2D eigenvalue weighted by atomic mass is 10.0. The second-order valence-electron chi connectivity index (χ2n) is 6.94. The average molecular weight is 384 g/mol. The maximum atomic E-state index is 13.6. The van der Waals surface area contributed by atoms with E-state index >= 15 is 0 Å². The summed E-state index contributed by atoms with van der Waals surface area (Å²) in [5.41, 5.74) is 1.85. The lowest BCUT2D eigenvalue weighted by Crippen LogP contribution is -2.41. The number of hydrogen-bond donors (Lipinski definition) is 0. The van der Waals surface area contributed by atoms with Gasteiger partial charge in [-0.05, 0) is 30.5 Å². The summed E-state index contributed by atoms with van der Waals surface area (Å²) in [6, 6.07) is 13.6. The summed E-state index contributed by atoms with van der Waals surface area (Å²) in [5, 5.41) is 0. The Balaban J connectivity index is 1.34. The number of amides is 1. The lowest BCUT2D eigenvalue weighted by molar-refractivity contribution is -0.137. The van der Waals surface area contributed by atoms with Crippen molar-refractivity contribution < 1.29 is 18.3 Å². The molecule has 0 bridgehead atoms. The Bertz CT molecular complexity index is 1020. The van der Waals surface area contributed by atoms with Gasteiger partial charge in [0.2, 0.25) is 5.91 Å². The van der Waals surface area contributed by atoms with E-state index < -0.39 is 11.6 Å². The fourth-order valence-corrected chi connectivity index (χ4v) is 3.65. The SMILES string of the molecule is O=C(COCc1ccccc1)N1CCC(n2c(=O)oc3ccc(F)cc32)CC1. The number of rotatable bonds is 5. The van der Waals surface area contributed by atoms with E-state index in [1.165, 1.54) is 22.8 Å². The number of likely N-dealkylation sites (tertiary alicyclic amines) is 1. The van der Waals surface area contributed by atoms with Gasteiger partial charge in [0.1, 0.15) is 12.4 Å². The summed E-state index contributed by atoms with van der Waals surface area (Å²) in [6.07, 6.45) is 1.21. The minimum absolute atomic E-state index is 0.0271. The maximum absolute atomic E-state index is 13.6. The molecule has 2 heterocycles. The highest BCUT2D eigenvalue weighted by atomic mass is 19.1. The van der Waals surface area contributed by atoms with Crippen LogP contribution < -0.4 is 5.76 Å². The quantitative estimate of drug-likeness (QED) is 0.678. The molecule has 6 nitrogen and oxygen atoms in total.